The molecule has 0 heterocycles. The van der Waals surface area contributed by atoms with Crippen LogP contribution in [0.15, 0.2) is 47.4 Å². The molecular formula is C15H15ClFNO2S. The third-order valence-corrected chi connectivity index (χ3v) is 5.11. The summed E-state index contributed by atoms with van der Waals surface area (Å²) in [6.07, 6.45) is 0. The van der Waals surface area contributed by atoms with Gasteiger partial charge in [0.05, 0.1) is 15.7 Å². The summed E-state index contributed by atoms with van der Waals surface area (Å²) >= 11 is 5.71. The molecule has 6 heteroatoms. The zero-order valence-electron chi connectivity index (χ0n) is 11.4. The van der Waals surface area contributed by atoms with E-state index in [0.29, 0.717) is 11.4 Å². The first kappa shape index (κ1) is 15.8. The lowest BCUT2D eigenvalue weighted by Gasteiger charge is -2.08. The van der Waals surface area contributed by atoms with Gasteiger partial charge in [0.15, 0.2) is 9.84 Å². The Balaban J connectivity index is 2.05. The SMILES string of the molecule is CCS(=O)(=O)c1ccc(NCc2ccc(F)c(Cl)c2)cc1. The van der Waals surface area contributed by atoms with E-state index in [1.165, 1.54) is 6.07 Å². The van der Waals surface area contributed by atoms with Crippen molar-refractivity contribution in [3.05, 3.63) is 58.9 Å². The second-order valence-electron chi connectivity index (χ2n) is 4.53. The van der Waals surface area contributed by atoms with Gasteiger partial charge in [0.1, 0.15) is 5.82 Å². The van der Waals surface area contributed by atoms with E-state index >= 15 is 0 Å². The molecule has 0 saturated carbocycles. The van der Waals surface area contributed by atoms with Gasteiger partial charge in [-0.2, -0.15) is 0 Å². The molecule has 3 nitrogen and oxygen atoms in total. The van der Waals surface area contributed by atoms with Crippen LogP contribution in [0.3, 0.4) is 0 Å². The minimum absolute atomic E-state index is 0.0772. The highest BCUT2D eigenvalue weighted by Crippen LogP contribution is 2.18. The lowest BCUT2D eigenvalue weighted by Crippen LogP contribution is -2.04. The maximum Gasteiger partial charge on any atom is 0.178 e. The topological polar surface area (TPSA) is 46.2 Å². The Morgan fingerprint density at radius 2 is 1.81 bits per heavy atom. The molecule has 2 aromatic carbocycles. The summed E-state index contributed by atoms with van der Waals surface area (Å²) in [4.78, 5) is 0.306. The predicted molar refractivity (Wildman–Crippen MR) is 82.9 cm³/mol. The Kier molecular flexibility index (Phi) is 4.85. The lowest BCUT2D eigenvalue weighted by atomic mass is 10.2. The second-order valence-corrected chi connectivity index (χ2v) is 7.22. The fourth-order valence-corrected chi connectivity index (χ4v) is 2.89. The number of hydrogen-bond donors (Lipinski definition) is 1. The molecule has 0 aliphatic carbocycles. The molecule has 0 aromatic heterocycles. The van der Waals surface area contributed by atoms with Crippen LogP contribution >= 0.6 is 11.6 Å². The van der Waals surface area contributed by atoms with Crippen molar-refractivity contribution in [1.82, 2.24) is 0 Å². The third kappa shape index (κ3) is 3.95. The van der Waals surface area contributed by atoms with Crippen molar-refractivity contribution in [2.75, 3.05) is 11.1 Å². The van der Waals surface area contributed by atoms with Gasteiger partial charge in [-0.1, -0.05) is 24.6 Å². The van der Waals surface area contributed by atoms with E-state index in [-0.39, 0.29) is 10.8 Å². The molecule has 0 fully saturated rings. The molecule has 21 heavy (non-hydrogen) atoms. The van der Waals surface area contributed by atoms with Crippen molar-refractivity contribution in [2.45, 2.75) is 18.4 Å². The Bertz CT molecular complexity index is 730. The highest BCUT2D eigenvalue weighted by molar-refractivity contribution is 7.91. The monoisotopic (exact) mass is 327 g/mol. The van der Waals surface area contributed by atoms with Crippen LogP contribution in [0.4, 0.5) is 10.1 Å². The molecule has 0 spiro atoms. The van der Waals surface area contributed by atoms with Crippen LogP contribution in [0.1, 0.15) is 12.5 Å². The first-order chi connectivity index (χ1) is 9.92. The number of sulfone groups is 1. The van der Waals surface area contributed by atoms with E-state index in [0.717, 1.165) is 11.3 Å². The zero-order chi connectivity index (χ0) is 15.5. The maximum absolute atomic E-state index is 13.0. The van der Waals surface area contributed by atoms with Crippen LogP contribution in [0.2, 0.25) is 5.02 Å². The van der Waals surface area contributed by atoms with E-state index in [4.69, 9.17) is 11.6 Å². The fraction of sp³-hybridized carbons (Fsp3) is 0.200. The molecule has 0 aliphatic heterocycles. The molecule has 0 unspecified atom stereocenters. The number of anilines is 1. The summed E-state index contributed by atoms with van der Waals surface area (Å²) in [6, 6.07) is 11.1. The van der Waals surface area contributed by atoms with Gasteiger partial charge in [0, 0.05) is 12.2 Å². The van der Waals surface area contributed by atoms with E-state index in [2.05, 4.69) is 5.32 Å². The van der Waals surface area contributed by atoms with E-state index in [9.17, 15) is 12.8 Å². The van der Waals surface area contributed by atoms with Crippen molar-refractivity contribution in [3.8, 4) is 0 Å². The van der Waals surface area contributed by atoms with E-state index in [1.54, 1.807) is 43.3 Å². The average molecular weight is 328 g/mol. The molecule has 0 aliphatic rings. The number of rotatable bonds is 5. The fourth-order valence-electron chi connectivity index (χ4n) is 1.80. The average Bonchev–Trinajstić information content (AvgIpc) is 2.49. The summed E-state index contributed by atoms with van der Waals surface area (Å²) in [5.74, 6) is -0.372. The van der Waals surface area contributed by atoms with Gasteiger partial charge in [-0.05, 0) is 42.0 Å². The Morgan fingerprint density at radius 1 is 1.14 bits per heavy atom. The number of benzene rings is 2. The van der Waals surface area contributed by atoms with Crippen LogP contribution in [0.5, 0.6) is 0 Å². The first-order valence-electron chi connectivity index (χ1n) is 6.43. The molecule has 2 aromatic rings. The summed E-state index contributed by atoms with van der Waals surface area (Å²) in [7, 11) is -3.18. The van der Waals surface area contributed by atoms with Crippen molar-refractivity contribution < 1.29 is 12.8 Å². The molecule has 2 rings (SSSR count). The van der Waals surface area contributed by atoms with Gasteiger partial charge in [-0.15, -0.1) is 0 Å². The Labute approximate surface area is 128 Å². The zero-order valence-corrected chi connectivity index (χ0v) is 13.0. The van der Waals surface area contributed by atoms with Crippen molar-refractivity contribution in [1.29, 1.82) is 0 Å². The summed E-state index contributed by atoms with van der Waals surface area (Å²) in [6.45, 7) is 2.08. The highest BCUT2D eigenvalue weighted by Gasteiger charge is 2.10. The van der Waals surface area contributed by atoms with Gasteiger partial charge in [0.25, 0.3) is 0 Å². The standard InChI is InChI=1S/C15H15ClFNO2S/c1-2-21(19,20)13-6-4-12(5-7-13)18-10-11-3-8-15(17)14(16)9-11/h3-9,18H,2,10H2,1H3. The number of nitrogens with one attached hydrogen (secondary N) is 1. The second kappa shape index (κ2) is 6.45. The lowest BCUT2D eigenvalue weighted by molar-refractivity contribution is 0.597. The smallest absolute Gasteiger partial charge is 0.178 e. The maximum atomic E-state index is 13.0. The normalized spacial score (nSPS) is 11.4. The van der Waals surface area contributed by atoms with Gasteiger partial charge in [-0.25, -0.2) is 12.8 Å². The number of hydrogen-bond acceptors (Lipinski definition) is 3. The minimum Gasteiger partial charge on any atom is -0.381 e. The Morgan fingerprint density at radius 3 is 2.38 bits per heavy atom. The molecular weight excluding hydrogens is 313 g/mol. The summed E-state index contributed by atoms with van der Waals surface area (Å²) in [5, 5.41) is 3.21. The van der Waals surface area contributed by atoms with Gasteiger partial charge >= 0.3 is 0 Å². The molecule has 112 valence electrons. The van der Waals surface area contributed by atoms with E-state index < -0.39 is 15.7 Å². The molecule has 0 saturated heterocycles. The quantitative estimate of drug-likeness (QED) is 0.906. The molecule has 1 N–H and O–H groups in total. The van der Waals surface area contributed by atoms with Gasteiger partial charge < -0.3 is 5.32 Å². The van der Waals surface area contributed by atoms with Crippen molar-refractivity contribution >= 4 is 27.1 Å². The van der Waals surface area contributed by atoms with Gasteiger partial charge in [-0.3, -0.25) is 0 Å². The van der Waals surface area contributed by atoms with Crippen LogP contribution in [0, 0.1) is 5.82 Å². The van der Waals surface area contributed by atoms with Crippen LogP contribution < -0.4 is 5.32 Å². The third-order valence-electron chi connectivity index (χ3n) is 3.07. The molecule has 0 bridgehead atoms. The molecule has 0 radical (unpaired) electrons. The van der Waals surface area contributed by atoms with Gasteiger partial charge in [0.2, 0.25) is 0 Å². The molecule has 0 amide bonds. The molecule has 0 atom stereocenters. The van der Waals surface area contributed by atoms with Crippen molar-refractivity contribution in [2.24, 2.45) is 0 Å². The Hall–Kier alpha value is -1.59. The largest absolute Gasteiger partial charge is 0.381 e. The van der Waals surface area contributed by atoms with Crippen molar-refractivity contribution in [3.63, 3.8) is 0 Å². The summed E-state index contributed by atoms with van der Waals surface area (Å²) in [5.41, 5.74) is 1.62. The van der Waals surface area contributed by atoms with E-state index in [1.807, 2.05) is 0 Å². The first-order valence-corrected chi connectivity index (χ1v) is 8.46. The number of halogens is 2. The van der Waals surface area contributed by atoms with Crippen LogP contribution in [-0.4, -0.2) is 14.2 Å². The summed E-state index contributed by atoms with van der Waals surface area (Å²) < 4.78 is 36.4. The minimum atomic E-state index is -3.18. The van der Waals surface area contributed by atoms with Crippen LogP contribution in [0.25, 0.3) is 0 Å². The highest BCUT2D eigenvalue weighted by atomic mass is 35.5. The van der Waals surface area contributed by atoms with Crippen LogP contribution in [-0.2, 0) is 16.4 Å². The predicted octanol–water partition coefficient (Wildman–Crippen LogP) is 3.88.